The van der Waals surface area contributed by atoms with E-state index in [9.17, 15) is 0 Å². The highest BCUT2D eigenvalue weighted by atomic mass is 14.9. The third-order valence-electron chi connectivity index (χ3n) is 4.85. The van der Waals surface area contributed by atoms with Crippen molar-refractivity contribution in [1.82, 2.24) is 4.57 Å². The first-order valence-corrected chi connectivity index (χ1v) is 7.94. The van der Waals surface area contributed by atoms with Crippen LogP contribution < -0.4 is 0 Å². The lowest BCUT2D eigenvalue weighted by molar-refractivity contribution is 1.01. The molecule has 3 aromatic carbocycles. The molecule has 0 amide bonds. The average Bonchev–Trinajstić information content (AvgIpc) is 3.15. The zero-order valence-electron chi connectivity index (χ0n) is 13.0. The van der Waals surface area contributed by atoms with Crippen molar-refractivity contribution in [3.8, 4) is 0 Å². The first-order valence-electron chi connectivity index (χ1n) is 7.94. The number of aromatic nitrogens is 1. The van der Waals surface area contributed by atoms with Gasteiger partial charge in [-0.05, 0) is 35.4 Å². The lowest BCUT2D eigenvalue weighted by Crippen LogP contribution is -2.00. The molecule has 5 rings (SSSR count). The number of aryl methyl sites for hydroxylation is 1. The highest BCUT2D eigenvalue weighted by Gasteiger charge is 2.16. The average molecular weight is 296 g/mol. The highest BCUT2D eigenvalue weighted by molar-refractivity contribution is 6.13. The molecular weight excluding hydrogens is 280 g/mol. The number of fused-ring (bicyclic) bond motifs is 4. The Morgan fingerprint density at radius 2 is 1.61 bits per heavy atom. The predicted octanol–water partition coefficient (Wildman–Crippen LogP) is 5.01. The standard InChI is InChI=1S/C21H16N2/c1-23-20-9-5-3-7-16(20)17-12-15(10-11-21(17)23)19-13-14-6-2-4-8-18(14)22-19/h2-12H,13H2,1H3. The van der Waals surface area contributed by atoms with Crippen LogP contribution in [-0.4, -0.2) is 10.3 Å². The number of hydrogen-bond acceptors (Lipinski definition) is 1. The van der Waals surface area contributed by atoms with Gasteiger partial charge >= 0.3 is 0 Å². The van der Waals surface area contributed by atoms with E-state index in [2.05, 4.69) is 78.3 Å². The Bertz CT molecular complexity index is 1100. The van der Waals surface area contributed by atoms with Crippen molar-refractivity contribution >= 4 is 33.2 Å². The van der Waals surface area contributed by atoms with Gasteiger partial charge < -0.3 is 4.57 Å². The van der Waals surface area contributed by atoms with Crippen LogP contribution in [0.3, 0.4) is 0 Å². The normalized spacial score (nSPS) is 13.5. The molecule has 0 saturated carbocycles. The van der Waals surface area contributed by atoms with Crippen molar-refractivity contribution in [3.63, 3.8) is 0 Å². The van der Waals surface area contributed by atoms with Crippen molar-refractivity contribution in [2.24, 2.45) is 12.0 Å². The quantitative estimate of drug-likeness (QED) is 0.470. The molecule has 0 fully saturated rings. The molecule has 0 N–H and O–H groups in total. The van der Waals surface area contributed by atoms with E-state index in [0.29, 0.717) is 0 Å². The van der Waals surface area contributed by atoms with Crippen molar-refractivity contribution in [2.45, 2.75) is 6.42 Å². The minimum Gasteiger partial charge on any atom is -0.344 e. The molecule has 110 valence electrons. The Morgan fingerprint density at radius 3 is 2.52 bits per heavy atom. The Balaban J connectivity index is 1.72. The summed E-state index contributed by atoms with van der Waals surface area (Å²) in [6, 6.07) is 23.7. The molecule has 1 aromatic heterocycles. The Hall–Kier alpha value is -2.87. The number of hydrogen-bond donors (Lipinski definition) is 0. The maximum absolute atomic E-state index is 4.83. The zero-order chi connectivity index (χ0) is 15.4. The molecule has 0 spiro atoms. The van der Waals surface area contributed by atoms with E-state index in [0.717, 1.165) is 12.1 Å². The van der Waals surface area contributed by atoms with E-state index in [-0.39, 0.29) is 0 Å². The van der Waals surface area contributed by atoms with Gasteiger partial charge in [-0.2, -0.15) is 0 Å². The number of benzene rings is 3. The van der Waals surface area contributed by atoms with Gasteiger partial charge in [-0.1, -0.05) is 42.5 Å². The van der Waals surface area contributed by atoms with Gasteiger partial charge in [-0.3, -0.25) is 4.99 Å². The fourth-order valence-corrected chi connectivity index (χ4v) is 3.65. The van der Waals surface area contributed by atoms with Gasteiger partial charge in [0.05, 0.1) is 11.4 Å². The summed E-state index contributed by atoms with van der Waals surface area (Å²) in [5.74, 6) is 0. The number of para-hydroxylation sites is 2. The molecule has 0 unspecified atom stereocenters. The second kappa shape index (κ2) is 4.56. The van der Waals surface area contributed by atoms with Crippen LogP contribution in [0.5, 0.6) is 0 Å². The molecule has 0 atom stereocenters. The molecule has 0 saturated heterocycles. The van der Waals surface area contributed by atoms with Gasteiger partial charge in [0.1, 0.15) is 0 Å². The van der Waals surface area contributed by atoms with E-state index in [1.807, 2.05) is 0 Å². The van der Waals surface area contributed by atoms with E-state index in [4.69, 9.17) is 4.99 Å². The molecule has 0 aliphatic carbocycles. The minimum atomic E-state index is 0.923. The van der Waals surface area contributed by atoms with E-state index in [1.54, 1.807) is 0 Å². The summed E-state index contributed by atoms with van der Waals surface area (Å²) in [7, 11) is 2.13. The Morgan fingerprint density at radius 1 is 0.826 bits per heavy atom. The second-order valence-electron chi connectivity index (χ2n) is 6.17. The van der Waals surface area contributed by atoms with Gasteiger partial charge in [-0.25, -0.2) is 0 Å². The third-order valence-corrected chi connectivity index (χ3v) is 4.85. The molecule has 2 nitrogen and oxygen atoms in total. The summed E-state index contributed by atoms with van der Waals surface area (Å²) >= 11 is 0. The molecule has 23 heavy (non-hydrogen) atoms. The van der Waals surface area contributed by atoms with Gasteiger partial charge in [0.2, 0.25) is 0 Å². The summed E-state index contributed by atoms with van der Waals surface area (Å²) in [5, 5.41) is 2.61. The topological polar surface area (TPSA) is 17.3 Å². The van der Waals surface area contributed by atoms with Crippen LogP contribution in [0, 0.1) is 0 Å². The van der Waals surface area contributed by atoms with Crippen LogP contribution in [0.2, 0.25) is 0 Å². The molecule has 1 aliphatic heterocycles. The first kappa shape index (κ1) is 12.7. The smallest absolute Gasteiger partial charge is 0.0669 e. The van der Waals surface area contributed by atoms with Crippen LogP contribution in [0.1, 0.15) is 11.1 Å². The summed E-state index contributed by atoms with van der Waals surface area (Å²) in [4.78, 5) is 4.83. The number of nitrogens with zero attached hydrogens (tertiary/aromatic N) is 2. The maximum atomic E-state index is 4.83. The van der Waals surface area contributed by atoms with Crippen molar-refractivity contribution in [1.29, 1.82) is 0 Å². The van der Waals surface area contributed by atoms with Crippen molar-refractivity contribution < 1.29 is 0 Å². The molecule has 2 heterocycles. The van der Waals surface area contributed by atoms with Gasteiger partial charge in [0, 0.05) is 35.3 Å². The van der Waals surface area contributed by atoms with E-state index >= 15 is 0 Å². The molecule has 0 radical (unpaired) electrons. The van der Waals surface area contributed by atoms with Crippen LogP contribution >= 0.6 is 0 Å². The van der Waals surface area contributed by atoms with Crippen LogP contribution in [0.25, 0.3) is 21.8 Å². The third kappa shape index (κ3) is 1.78. The van der Waals surface area contributed by atoms with E-state index < -0.39 is 0 Å². The van der Waals surface area contributed by atoms with Gasteiger partial charge in [0.15, 0.2) is 0 Å². The fourth-order valence-electron chi connectivity index (χ4n) is 3.65. The van der Waals surface area contributed by atoms with Gasteiger partial charge in [-0.15, -0.1) is 0 Å². The first-order chi connectivity index (χ1) is 11.3. The summed E-state index contributed by atoms with van der Waals surface area (Å²) in [5.41, 5.74) is 7.37. The molecule has 4 aromatic rings. The summed E-state index contributed by atoms with van der Waals surface area (Å²) in [6.45, 7) is 0. The molecule has 2 heteroatoms. The van der Waals surface area contributed by atoms with Crippen LogP contribution in [-0.2, 0) is 13.5 Å². The van der Waals surface area contributed by atoms with Crippen molar-refractivity contribution in [2.75, 3.05) is 0 Å². The summed E-state index contributed by atoms with van der Waals surface area (Å²) < 4.78 is 2.26. The largest absolute Gasteiger partial charge is 0.344 e. The van der Waals surface area contributed by atoms with Crippen LogP contribution in [0.4, 0.5) is 5.69 Å². The van der Waals surface area contributed by atoms with E-state index in [1.165, 1.54) is 38.6 Å². The second-order valence-corrected chi connectivity index (χ2v) is 6.17. The van der Waals surface area contributed by atoms with Crippen molar-refractivity contribution in [3.05, 3.63) is 77.9 Å². The summed E-state index contributed by atoms with van der Waals surface area (Å²) in [6.07, 6.45) is 0.923. The Labute approximate surface area is 134 Å². The lowest BCUT2D eigenvalue weighted by Gasteiger charge is -2.02. The number of rotatable bonds is 1. The van der Waals surface area contributed by atoms with Crippen LogP contribution in [0.15, 0.2) is 71.7 Å². The molecule has 0 bridgehead atoms. The zero-order valence-corrected chi connectivity index (χ0v) is 13.0. The maximum Gasteiger partial charge on any atom is 0.0669 e. The SMILES string of the molecule is Cn1c2ccccc2c2cc(C3=Nc4ccccc4C3)ccc21. The fraction of sp³-hybridized carbons (Fsp3) is 0.0952. The molecule has 1 aliphatic rings. The predicted molar refractivity (Wildman–Crippen MR) is 96.8 cm³/mol. The monoisotopic (exact) mass is 296 g/mol. The number of aliphatic imine (C=N–C) groups is 1. The highest BCUT2D eigenvalue weighted by Crippen LogP contribution is 2.32. The van der Waals surface area contributed by atoms with Gasteiger partial charge in [0.25, 0.3) is 0 Å². The Kier molecular flexibility index (Phi) is 2.51. The lowest BCUT2D eigenvalue weighted by atomic mass is 10.0. The minimum absolute atomic E-state index is 0.923. The molecular formula is C21H16N2.